The highest BCUT2D eigenvalue weighted by molar-refractivity contribution is 5.93. The first kappa shape index (κ1) is 19.3. The summed E-state index contributed by atoms with van der Waals surface area (Å²) >= 11 is 0. The largest absolute Gasteiger partial charge is 0.492 e. The van der Waals surface area contributed by atoms with Crippen molar-refractivity contribution in [1.29, 1.82) is 0 Å². The summed E-state index contributed by atoms with van der Waals surface area (Å²) in [6.07, 6.45) is 6.29. The molecule has 10 nitrogen and oxygen atoms in total. The van der Waals surface area contributed by atoms with Crippen LogP contribution < -0.4 is 15.5 Å². The number of pyridine rings is 1. The third kappa shape index (κ3) is 3.65. The molecule has 2 unspecified atom stereocenters. The molecule has 160 valence electrons. The fourth-order valence-corrected chi connectivity index (χ4v) is 4.01. The van der Waals surface area contributed by atoms with Crippen LogP contribution in [0.3, 0.4) is 0 Å². The lowest BCUT2D eigenvalue weighted by molar-refractivity contribution is -0.118. The van der Waals surface area contributed by atoms with Gasteiger partial charge >= 0.3 is 0 Å². The van der Waals surface area contributed by atoms with Crippen molar-refractivity contribution in [1.82, 2.24) is 24.5 Å². The normalized spacial score (nSPS) is 20.3. The zero-order valence-electron chi connectivity index (χ0n) is 17.4. The maximum absolute atomic E-state index is 12.7. The SMILES string of the molecule is CNc1ncn([C@@H](C)C(=O)Nc2cccc(-c3cnc(N4CC5CC5C4)nc3)n2)c1O. The van der Waals surface area contributed by atoms with Crippen molar-refractivity contribution in [3.8, 4) is 17.1 Å². The van der Waals surface area contributed by atoms with Gasteiger partial charge in [-0.1, -0.05) is 6.07 Å². The first-order valence-corrected chi connectivity index (χ1v) is 10.3. The molecule has 0 spiro atoms. The minimum absolute atomic E-state index is 0.0978. The van der Waals surface area contributed by atoms with Gasteiger partial charge < -0.3 is 20.6 Å². The number of imidazole rings is 1. The van der Waals surface area contributed by atoms with E-state index in [2.05, 4.69) is 35.5 Å². The number of rotatable bonds is 6. The van der Waals surface area contributed by atoms with E-state index in [1.54, 1.807) is 32.4 Å². The summed E-state index contributed by atoms with van der Waals surface area (Å²) in [6.45, 7) is 3.77. The number of amides is 1. The Morgan fingerprint density at radius 2 is 1.94 bits per heavy atom. The second-order valence-corrected chi connectivity index (χ2v) is 8.08. The Morgan fingerprint density at radius 3 is 2.61 bits per heavy atom. The van der Waals surface area contributed by atoms with Gasteiger partial charge in [-0.25, -0.2) is 19.9 Å². The van der Waals surface area contributed by atoms with Crippen molar-refractivity contribution in [3.63, 3.8) is 0 Å². The van der Waals surface area contributed by atoms with E-state index in [9.17, 15) is 9.90 Å². The van der Waals surface area contributed by atoms with Crippen molar-refractivity contribution in [3.05, 3.63) is 36.9 Å². The van der Waals surface area contributed by atoms with Gasteiger partial charge in [-0.2, -0.15) is 0 Å². The van der Waals surface area contributed by atoms with Gasteiger partial charge in [0.25, 0.3) is 0 Å². The second kappa shape index (κ2) is 7.53. The molecule has 1 saturated heterocycles. The fourth-order valence-electron chi connectivity index (χ4n) is 4.01. The minimum atomic E-state index is -0.672. The van der Waals surface area contributed by atoms with E-state index in [-0.39, 0.29) is 11.8 Å². The van der Waals surface area contributed by atoms with Crippen molar-refractivity contribution < 1.29 is 9.90 Å². The molecule has 1 aliphatic heterocycles. The number of fused-ring (bicyclic) bond motifs is 1. The molecule has 3 aromatic rings. The van der Waals surface area contributed by atoms with E-state index >= 15 is 0 Å². The van der Waals surface area contributed by atoms with Crippen LogP contribution in [0.4, 0.5) is 17.6 Å². The van der Waals surface area contributed by atoms with Crippen LogP contribution in [0, 0.1) is 11.8 Å². The fraction of sp³-hybridized carbons (Fsp3) is 0.381. The molecule has 3 atom stereocenters. The quantitative estimate of drug-likeness (QED) is 0.555. The van der Waals surface area contributed by atoms with Gasteiger partial charge in [-0.05, 0) is 37.3 Å². The number of nitrogens with zero attached hydrogens (tertiary/aromatic N) is 6. The Kier molecular flexibility index (Phi) is 4.68. The van der Waals surface area contributed by atoms with Gasteiger partial charge in [-0.3, -0.25) is 9.36 Å². The van der Waals surface area contributed by atoms with Crippen molar-refractivity contribution in [2.45, 2.75) is 19.4 Å². The van der Waals surface area contributed by atoms with Crippen molar-refractivity contribution in [2.75, 3.05) is 35.7 Å². The summed E-state index contributed by atoms with van der Waals surface area (Å²) in [5.41, 5.74) is 1.45. The maximum atomic E-state index is 12.7. The van der Waals surface area contributed by atoms with E-state index < -0.39 is 6.04 Å². The Bertz CT molecular complexity index is 1100. The lowest BCUT2D eigenvalue weighted by atomic mass is 10.2. The van der Waals surface area contributed by atoms with Crippen molar-refractivity contribution >= 4 is 23.5 Å². The summed E-state index contributed by atoms with van der Waals surface area (Å²) in [4.78, 5) is 32.5. The average Bonchev–Trinajstić information content (AvgIpc) is 3.22. The van der Waals surface area contributed by atoms with E-state index in [1.807, 2.05) is 12.1 Å². The molecule has 31 heavy (non-hydrogen) atoms. The number of hydrogen-bond acceptors (Lipinski definition) is 8. The number of hydrogen-bond donors (Lipinski definition) is 3. The number of anilines is 3. The highest BCUT2D eigenvalue weighted by Crippen LogP contribution is 2.45. The third-order valence-electron chi connectivity index (χ3n) is 6.00. The molecule has 1 aliphatic carbocycles. The zero-order valence-corrected chi connectivity index (χ0v) is 17.4. The number of aromatic nitrogens is 5. The van der Waals surface area contributed by atoms with Crippen LogP contribution in [0.15, 0.2) is 36.9 Å². The number of piperidine rings is 1. The molecule has 2 fully saturated rings. The van der Waals surface area contributed by atoms with Gasteiger partial charge in [0.2, 0.25) is 17.7 Å². The Balaban J connectivity index is 1.28. The third-order valence-corrected chi connectivity index (χ3v) is 6.00. The summed E-state index contributed by atoms with van der Waals surface area (Å²) in [7, 11) is 1.65. The highest BCUT2D eigenvalue weighted by atomic mass is 16.3. The summed E-state index contributed by atoms with van der Waals surface area (Å²) < 4.78 is 1.39. The molecule has 3 aromatic heterocycles. The van der Waals surface area contributed by atoms with E-state index in [0.29, 0.717) is 17.3 Å². The van der Waals surface area contributed by atoms with Crippen LogP contribution in [-0.4, -0.2) is 55.7 Å². The summed E-state index contributed by atoms with van der Waals surface area (Å²) in [5.74, 6) is 2.71. The minimum Gasteiger partial charge on any atom is -0.492 e. The van der Waals surface area contributed by atoms with E-state index in [0.717, 1.165) is 36.4 Å². The predicted molar refractivity (Wildman–Crippen MR) is 116 cm³/mol. The Morgan fingerprint density at radius 1 is 1.19 bits per heavy atom. The van der Waals surface area contributed by atoms with Crippen LogP contribution >= 0.6 is 0 Å². The molecular weight excluding hydrogens is 396 g/mol. The molecule has 5 rings (SSSR count). The first-order chi connectivity index (χ1) is 15.0. The Hall–Kier alpha value is -3.69. The molecule has 1 saturated carbocycles. The summed E-state index contributed by atoms with van der Waals surface area (Å²) in [6, 6.07) is 4.71. The van der Waals surface area contributed by atoms with E-state index in [1.165, 1.54) is 17.3 Å². The molecule has 0 bridgehead atoms. The standard InChI is InChI=1S/C21H24N8O2/c1-12(29-11-25-18(22-2)20(29)31)19(30)27-17-5-3-4-16(26-17)15-7-23-21(24-8-15)28-9-13-6-14(13)10-28/h3-5,7-8,11-14,22,31H,6,9-10H2,1-2H3,(H,26,27,30)/t12-,13?,14?/m0/s1. The molecule has 3 N–H and O–H groups in total. The van der Waals surface area contributed by atoms with E-state index in [4.69, 9.17) is 0 Å². The lowest BCUT2D eigenvalue weighted by Gasteiger charge is -2.17. The van der Waals surface area contributed by atoms with Gasteiger partial charge in [0.1, 0.15) is 18.2 Å². The predicted octanol–water partition coefficient (Wildman–Crippen LogP) is 2.14. The Labute approximate surface area is 179 Å². The van der Waals surface area contributed by atoms with Crippen molar-refractivity contribution in [2.24, 2.45) is 11.8 Å². The number of nitrogens with one attached hydrogen (secondary N) is 2. The highest BCUT2D eigenvalue weighted by Gasteiger charge is 2.45. The average molecular weight is 420 g/mol. The molecule has 0 aromatic carbocycles. The number of carbonyl (C=O) groups excluding carboxylic acids is 1. The second-order valence-electron chi connectivity index (χ2n) is 8.08. The zero-order chi connectivity index (χ0) is 21.5. The number of aromatic hydroxyl groups is 1. The molecule has 10 heteroatoms. The molecule has 1 amide bonds. The monoisotopic (exact) mass is 420 g/mol. The van der Waals surface area contributed by atoms with Gasteiger partial charge in [0, 0.05) is 38.1 Å². The summed E-state index contributed by atoms with van der Waals surface area (Å²) in [5, 5.41) is 15.7. The maximum Gasteiger partial charge on any atom is 0.248 e. The van der Waals surface area contributed by atoms with Gasteiger partial charge in [0.15, 0.2) is 5.82 Å². The topological polar surface area (TPSA) is 121 Å². The molecular formula is C21H24N8O2. The van der Waals surface area contributed by atoms with Crippen LogP contribution in [0.5, 0.6) is 5.88 Å². The van der Waals surface area contributed by atoms with Crippen LogP contribution in [0.25, 0.3) is 11.3 Å². The molecule has 4 heterocycles. The van der Waals surface area contributed by atoms with Crippen LogP contribution in [-0.2, 0) is 4.79 Å². The lowest BCUT2D eigenvalue weighted by Crippen LogP contribution is -2.24. The molecule has 0 radical (unpaired) electrons. The van der Waals surface area contributed by atoms with Crippen LogP contribution in [0.1, 0.15) is 19.4 Å². The smallest absolute Gasteiger partial charge is 0.248 e. The van der Waals surface area contributed by atoms with Gasteiger partial charge in [0.05, 0.1) is 5.69 Å². The molecule has 2 aliphatic rings. The van der Waals surface area contributed by atoms with Gasteiger partial charge in [-0.15, -0.1) is 0 Å². The van der Waals surface area contributed by atoms with Crippen LogP contribution in [0.2, 0.25) is 0 Å². The first-order valence-electron chi connectivity index (χ1n) is 10.3. The number of carbonyl (C=O) groups is 1.